The van der Waals surface area contributed by atoms with Crippen LogP contribution in [-0.4, -0.2) is 81.0 Å². The molecule has 0 unspecified atom stereocenters. The quantitative estimate of drug-likeness (QED) is 0.583. The van der Waals surface area contributed by atoms with Gasteiger partial charge < -0.3 is 10.4 Å². The van der Waals surface area contributed by atoms with Crippen molar-refractivity contribution in [1.29, 1.82) is 5.26 Å². The zero-order chi connectivity index (χ0) is 25.5. The zero-order valence-corrected chi connectivity index (χ0v) is 21.4. The van der Waals surface area contributed by atoms with Gasteiger partial charge in [0.1, 0.15) is 23.2 Å². The van der Waals surface area contributed by atoms with Gasteiger partial charge in [-0.2, -0.15) is 10.2 Å². The standard InChI is InChI=1S/C24H33N7O4S/c1-24(33)8-4-5-20(24)31-21-18(13-17(14-25)22(31)32)15-26-23(28-21)27-19-6-11-30(12-7-19)36(34,35)16-29-9-2-3-10-29/h13,15,19-20,33H,2-12,16H2,1H3,(H,26,27,28)/t20-,24-/m1/s1. The Balaban J connectivity index is 1.34. The van der Waals surface area contributed by atoms with E-state index in [1.807, 2.05) is 11.0 Å². The molecule has 3 aliphatic rings. The van der Waals surface area contributed by atoms with Crippen LogP contribution in [0.1, 0.15) is 63.5 Å². The molecule has 3 fully saturated rings. The minimum absolute atomic E-state index is 0.00276. The van der Waals surface area contributed by atoms with Gasteiger partial charge in [-0.3, -0.25) is 14.3 Å². The van der Waals surface area contributed by atoms with E-state index < -0.39 is 27.2 Å². The van der Waals surface area contributed by atoms with Gasteiger partial charge >= 0.3 is 0 Å². The Labute approximate surface area is 210 Å². The second-order valence-corrected chi connectivity index (χ2v) is 12.4. The highest BCUT2D eigenvalue weighted by Gasteiger charge is 2.40. The molecule has 0 radical (unpaired) electrons. The molecule has 0 amide bonds. The van der Waals surface area contributed by atoms with E-state index in [1.165, 1.54) is 10.6 Å². The summed E-state index contributed by atoms with van der Waals surface area (Å²) in [6.45, 7) is 4.26. The van der Waals surface area contributed by atoms with Crippen molar-refractivity contribution in [1.82, 2.24) is 23.7 Å². The van der Waals surface area contributed by atoms with Crippen LogP contribution in [0, 0.1) is 11.3 Å². The fraction of sp³-hybridized carbons (Fsp3) is 0.667. The molecule has 0 aromatic carbocycles. The molecule has 2 aromatic rings. The van der Waals surface area contributed by atoms with Gasteiger partial charge in [-0.1, -0.05) is 0 Å². The number of hydrogen-bond donors (Lipinski definition) is 2. The largest absolute Gasteiger partial charge is 0.388 e. The Morgan fingerprint density at radius 3 is 2.56 bits per heavy atom. The van der Waals surface area contributed by atoms with Gasteiger partial charge in [0.2, 0.25) is 16.0 Å². The number of nitriles is 1. The van der Waals surface area contributed by atoms with Crippen LogP contribution in [0.5, 0.6) is 0 Å². The van der Waals surface area contributed by atoms with Gasteiger partial charge in [-0.25, -0.2) is 17.7 Å². The number of nitrogens with one attached hydrogen (secondary N) is 1. The molecule has 12 heteroatoms. The number of nitrogens with zero attached hydrogens (tertiary/aromatic N) is 6. The van der Waals surface area contributed by atoms with E-state index >= 15 is 0 Å². The monoisotopic (exact) mass is 515 g/mol. The highest BCUT2D eigenvalue weighted by molar-refractivity contribution is 7.89. The summed E-state index contributed by atoms with van der Waals surface area (Å²) in [6.07, 6.45) is 6.90. The first-order chi connectivity index (χ1) is 17.2. The van der Waals surface area contributed by atoms with E-state index in [4.69, 9.17) is 0 Å². The molecule has 0 bridgehead atoms. The van der Waals surface area contributed by atoms with E-state index in [0.29, 0.717) is 55.8 Å². The number of pyridine rings is 1. The first-order valence-corrected chi connectivity index (χ1v) is 14.3. The molecule has 0 spiro atoms. The third-order valence-electron chi connectivity index (χ3n) is 7.81. The minimum atomic E-state index is -3.32. The molecule has 5 rings (SSSR count). The Morgan fingerprint density at radius 1 is 1.19 bits per heavy atom. The van der Waals surface area contributed by atoms with Gasteiger partial charge in [0.25, 0.3) is 5.56 Å². The number of likely N-dealkylation sites (tertiary alicyclic amines) is 1. The van der Waals surface area contributed by atoms with Gasteiger partial charge in [-0.15, -0.1) is 0 Å². The van der Waals surface area contributed by atoms with Crippen LogP contribution < -0.4 is 10.9 Å². The van der Waals surface area contributed by atoms with Crippen molar-refractivity contribution in [2.24, 2.45) is 0 Å². The summed E-state index contributed by atoms with van der Waals surface area (Å²) >= 11 is 0. The highest BCUT2D eigenvalue weighted by atomic mass is 32.2. The van der Waals surface area contributed by atoms with E-state index in [-0.39, 0.29) is 17.5 Å². The summed E-state index contributed by atoms with van der Waals surface area (Å²) < 4.78 is 28.7. The Kier molecular flexibility index (Phi) is 6.76. The smallest absolute Gasteiger partial charge is 0.270 e. The molecule has 2 saturated heterocycles. The average molecular weight is 516 g/mol. The predicted octanol–water partition coefficient (Wildman–Crippen LogP) is 1.40. The van der Waals surface area contributed by atoms with Crippen molar-refractivity contribution >= 4 is 27.0 Å². The summed E-state index contributed by atoms with van der Waals surface area (Å²) in [7, 11) is -3.32. The molecule has 36 heavy (non-hydrogen) atoms. The predicted molar refractivity (Wildman–Crippen MR) is 135 cm³/mol. The minimum Gasteiger partial charge on any atom is -0.388 e. The summed E-state index contributed by atoms with van der Waals surface area (Å²) in [5, 5.41) is 24.2. The summed E-state index contributed by atoms with van der Waals surface area (Å²) in [6, 6.07) is 2.96. The lowest BCUT2D eigenvalue weighted by Gasteiger charge is -2.32. The number of aliphatic hydroxyl groups is 1. The van der Waals surface area contributed by atoms with Crippen LogP contribution >= 0.6 is 0 Å². The van der Waals surface area contributed by atoms with Crippen molar-refractivity contribution < 1.29 is 13.5 Å². The normalized spacial score (nSPS) is 26.4. The lowest BCUT2D eigenvalue weighted by atomic mass is 9.99. The first-order valence-electron chi connectivity index (χ1n) is 12.7. The fourth-order valence-electron chi connectivity index (χ4n) is 5.78. The molecule has 2 aromatic heterocycles. The Morgan fingerprint density at radius 2 is 1.92 bits per heavy atom. The number of fused-ring (bicyclic) bond motifs is 1. The molecular weight excluding hydrogens is 482 g/mol. The van der Waals surface area contributed by atoms with Crippen molar-refractivity contribution in [3.05, 3.63) is 28.2 Å². The summed E-state index contributed by atoms with van der Waals surface area (Å²) in [4.78, 5) is 24.2. The highest BCUT2D eigenvalue weighted by Crippen LogP contribution is 2.39. The van der Waals surface area contributed by atoms with Gasteiger partial charge in [0.15, 0.2) is 0 Å². The molecule has 1 saturated carbocycles. The van der Waals surface area contributed by atoms with Crippen molar-refractivity contribution in [3.8, 4) is 6.07 Å². The van der Waals surface area contributed by atoms with Crippen LogP contribution in [0.2, 0.25) is 0 Å². The first kappa shape index (κ1) is 25.1. The average Bonchev–Trinajstić information content (AvgIpc) is 3.47. The Hall–Kier alpha value is -2.59. The molecule has 11 nitrogen and oxygen atoms in total. The number of piperidine rings is 1. The third-order valence-corrected chi connectivity index (χ3v) is 9.65. The number of aromatic nitrogens is 3. The number of rotatable bonds is 6. The number of sulfonamides is 1. The maximum Gasteiger partial charge on any atom is 0.270 e. The van der Waals surface area contributed by atoms with Crippen LogP contribution in [0.25, 0.3) is 11.0 Å². The van der Waals surface area contributed by atoms with Gasteiger partial charge in [0, 0.05) is 30.7 Å². The van der Waals surface area contributed by atoms with Gasteiger partial charge in [-0.05, 0) is 71.0 Å². The van der Waals surface area contributed by atoms with Crippen LogP contribution in [0.15, 0.2) is 17.1 Å². The lowest BCUT2D eigenvalue weighted by Crippen LogP contribution is -2.45. The number of hydrogen-bond acceptors (Lipinski definition) is 9. The molecule has 2 aliphatic heterocycles. The second kappa shape index (κ2) is 9.70. The van der Waals surface area contributed by atoms with Crippen LogP contribution in [0.4, 0.5) is 5.95 Å². The Bertz CT molecular complexity index is 1340. The molecule has 1 aliphatic carbocycles. The van der Waals surface area contributed by atoms with E-state index in [0.717, 1.165) is 32.4 Å². The third kappa shape index (κ3) is 4.85. The van der Waals surface area contributed by atoms with Crippen LogP contribution in [0.3, 0.4) is 0 Å². The SMILES string of the molecule is C[C@@]1(O)CCC[C@H]1n1c(=O)c(C#N)cc2cnc(NC3CCN(S(=O)(=O)CN4CCCC4)CC3)nc21. The molecule has 2 atom stereocenters. The molecule has 4 heterocycles. The van der Waals surface area contributed by atoms with E-state index in [2.05, 4.69) is 15.3 Å². The second-order valence-electron chi connectivity index (χ2n) is 10.5. The molecular formula is C24H33N7O4S. The lowest BCUT2D eigenvalue weighted by molar-refractivity contribution is 0.0266. The maximum atomic E-state index is 13.1. The summed E-state index contributed by atoms with van der Waals surface area (Å²) in [5.74, 6) is 0.433. The van der Waals surface area contributed by atoms with Crippen molar-refractivity contribution in [2.45, 2.75) is 69.6 Å². The van der Waals surface area contributed by atoms with Crippen LogP contribution in [-0.2, 0) is 10.0 Å². The number of anilines is 1. The summed E-state index contributed by atoms with van der Waals surface area (Å²) in [5.41, 5.74) is -1.15. The van der Waals surface area contributed by atoms with E-state index in [1.54, 1.807) is 17.4 Å². The van der Waals surface area contributed by atoms with Crippen molar-refractivity contribution in [3.63, 3.8) is 0 Å². The maximum absolute atomic E-state index is 13.1. The van der Waals surface area contributed by atoms with E-state index in [9.17, 15) is 23.6 Å². The zero-order valence-electron chi connectivity index (χ0n) is 20.6. The van der Waals surface area contributed by atoms with Gasteiger partial charge in [0.05, 0.1) is 11.6 Å². The molecule has 194 valence electrons. The topological polar surface area (TPSA) is 144 Å². The fourth-order valence-corrected chi connectivity index (χ4v) is 7.43. The van der Waals surface area contributed by atoms with Crippen molar-refractivity contribution in [2.75, 3.05) is 37.4 Å². The molecule has 2 N–H and O–H groups in total.